The Morgan fingerprint density at radius 1 is 1.21 bits per heavy atom. The molecule has 4 nitrogen and oxygen atoms in total. The highest BCUT2D eigenvalue weighted by molar-refractivity contribution is 5.78. The maximum absolute atomic E-state index is 12.9. The van der Waals surface area contributed by atoms with Crippen LogP contribution in [0, 0.1) is 0 Å². The third-order valence-electron chi connectivity index (χ3n) is 5.60. The Bertz CT molecular complexity index is 560. The number of hydrogen-bond acceptors (Lipinski definition) is 3. The largest absolute Gasteiger partial charge is 0.497 e. The highest BCUT2D eigenvalue weighted by Gasteiger charge is 2.31. The van der Waals surface area contributed by atoms with Gasteiger partial charge < -0.3 is 9.64 Å². The summed E-state index contributed by atoms with van der Waals surface area (Å²) in [5, 5.41) is 0. The fraction of sp³-hybridized carbons (Fsp3) is 0.650. The normalized spacial score (nSPS) is 25.0. The number of rotatable bonds is 5. The molecule has 2 fully saturated rings. The van der Waals surface area contributed by atoms with Crippen molar-refractivity contribution in [1.29, 1.82) is 0 Å². The topological polar surface area (TPSA) is 32.8 Å². The molecule has 2 aliphatic heterocycles. The number of hydrogen-bond donors (Lipinski definition) is 0. The molecule has 1 amide bonds. The van der Waals surface area contributed by atoms with Gasteiger partial charge >= 0.3 is 0 Å². The van der Waals surface area contributed by atoms with Crippen LogP contribution in [0.25, 0.3) is 0 Å². The smallest absolute Gasteiger partial charge is 0.237 e. The van der Waals surface area contributed by atoms with E-state index < -0.39 is 0 Å². The van der Waals surface area contributed by atoms with E-state index in [1.807, 2.05) is 12.1 Å². The van der Waals surface area contributed by atoms with Crippen molar-refractivity contribution in [2.75, 3.05) is 26.7 Å². The van der Waals surface area contributed by atoms with E-state index in [-0.39, 0.29) is 0 Å². The number of piperidine rings is 1. The van der Waals surface area contributed by atoms with Crippen molar-refractivity contribution >= 4 is 5.91 Å². The zero-order chi connectivity index (χ0) is 16.9. The predicted molar refractivity (Wildman–Crippen MR) is 96.2 cm³/mol. The quantitative estimate of drug-likeness (QED) is 0.826. The van der Waals surface area contributed by atoms with Gasteiger partial charge in [0.05, 0.1) is 13.7 Å². The van der Waals surface area contributed by atoms with Gasteiger partial charge in [-0.15, -0.1) is 0 Å². The lowest BCUT2D eigenvalue weighted by atomic mass is 10.00. The molecule has 24 heavy (non-hydrogen) atoms. The van der Waals surface area contributed by atoms with Gasteiger partial charge in [0.2, 0.25) is 5.91 Å². The van der Waals surface area contributed by atoms with Gasteiger partial charge in [-0.25, -0.2) is 0 Å². The number of benzene rings is 1. The molecule has 0 bridgehead atoms. The van der Waals surface area contributed by atoms with Gasteiger partial charge in [-0.2, -0.15) is 0 Å². The summed E-state index contributed by atoms with van der Waals surface area (Å²) < 4.78 is 5.36. The molecule has 0 aliphatic carbocycles. The maximum Gasteiger partial charge on any atom is 0.237 e. The third kappa shape index (κ3) is 3.75. The van der Waals surface area contributed by atoms with E-state index in [0.29, 0.717) is 24.5 Å². The number of carbonyl (C=O) groups is 1. The maximum atomic E-state index is 12.9. The van der Waals surface area contributed by atoms with E-state index in [9.17, 15) is 4.79 Å². The van der Waals surface area contributed by atoms with E-state index in [1.54, 1.807) is 7.11 Å². The third-order valence-corrected chi connectivity index (χ3v) is 5.60. The van der Waals surface area contributed by atoms with Crippen molar-refractivity contribution in [3.05, 3.63) is 29.8 Å². The van der Waals surface area contributed by atoms with Crippen LogP contribution >= 0.6 is 0 Å². The number of carbonyl (C=O) groups excluding carboxylic acids is 1. The SMILES string of the molecule is CC[C@@H]1CCCCN1C(=O)CN1CCC[C@@H]1c1cccc(OC)c1. The Kier molecular flexibility index (Phi) is 5.77. The van der Waals surface area contributed by atoms with Crippen LogP contribution in [-0.4, -0.2) is 48.5 Å². The van der Waals surface area contributed by atoms with Gasteiger partial charge in [0, 0.05) is 18.6 Å². The van der Waals surface area contributed by atoms with Crippen LogP contribution in [0.1, 0.15) is 57.1 Å². The van der Waals surface area contributed by atoms with Crippen molar-refractivity contribution in [3.63, 3.8) is 0 Å². The van der Waals surface area contributed by atoms with Gasteiger partial charge in [-0.3, -0.25) is 9.69 Å². The van der Waals surface area contributed by atoms with Crippen LogP contribution in [0.2, 0.25) is 0 Å². The minimum absolute atomic E-state index is 0.316. The Morgan fingerprint density at radius 2 is 2.08 bits per heavy atom. The first-order chi connectivity index (χ1) is 11.7. The highest BCUT2D eigenvalue weighted by Crippen LogP contribution is 2.33. The van der Waals surface area contributed by atoms with Gasteiger partial charge in [0.15, 0.2) is 0 Å². The molecule has 0 N–H and O–H groups in total. The summed E-state index contributed by atoms with van der Waals surface area (Å²) in [6, 6.07) is 9.09. The first kappa shape index (κ1) is 17.3. The molecule has 1 aromatic carbocycles. The molecule has 0 unspecified atom stereocenters. The number of ether oxygens (including phenoxy) is 1. The molecule has 2 atom stereocenters. The van der Waals surface area contributed by atoms with Gasteiger partial charge in [0.25, 0.3) is 0 Å². The lowest BCUT2D eigenvalue weighted by Gasteiger charge is -2.37. The number of nitrogens with zero attached hydrogens (tertiary/aromatic N) is 2. The zero-order valence-corrected chi connectivity index (χ0v) is 15.0. The van der Waals surface area contributed by atoms with Gasteiger partial charge in [-0.05, 0) is 62.8 Å². The van der Waals surface area contributed by atoms with Crippen LogP contribution < -0.4 is 4.74 Å². The molecule has 2 heterocycles. The Morgan fingerprint density at radius 3 is 2.88 bits per heavy atom. The van der Waals surface area contributed by atoms with Crippen molar-refractivity contribution < 1.29 is 9.53 Å². The molecule has 4 heteroatoms. The Labute approximate surface area is 145 Å². The summed E-state index contributed by atoms with van der Waals surface area (Å²) in [6.45, 7) is 4.71. The van der Waals surface area contributed by atoms with Crippen molar-refractivity contribution in [1.82, 2.24) is 9.80 Å². The molecule has 2 saturated heterocycles. The molecule has 0 radical (unpaired) electrons. The summed E-state index contributed by atoms with van der Waals surface area (Å²) in [5.74, 6) is 1.21. The first-order valence-corrected chi connectivity index (χ1v) is 9.40. The summed E-state index contributed by atoms with van der Waals surface area (Å²) >= 11 is 0. The molecule has 2 aliphatic rings. The minimum Gasteiger partial charge on any atom is -0.497 e. The molecule has 0 saturated carbocycles. The highest BCUT2D eigenvalue weighted by atomic mass is 16.5. The lowest BCUT2D eigenvalue weighted by molar-refractivity contribution is -0.136. The van der Waals surface area contributed by atoms with Crippen LogP contribution in [0.4, 0.5) is 0 Å². The van der Waals surface area contributed by atoms with E-state index in [0.717, 1.165) is 44.5 Å². The van der Waals surface area contributed by atoms with Gasteiger partial charge in [0.1, 0.15) is 5.75 Å². The number of amides is 1. The van der Waals surface area contributed by atoms with Crippen molar-refractivity contribution in [3.8, 4) is 5.75 Å². The second kappa shape index (κ2) is 8.02. The molecular formula is C20H30N2O2. The number of methoxy groups -OCH3 is 1. The monoisotopic (exact) mass is 330 g/mol. The van der Waals surface area contributed by atoms with E-state index in [2.05, 4.69) is 28.9 Å². The van der Waals surface area contributed by atoms with E-state index in [4.69, 9.17) is 4.74 Å². The number of likely N-dealkylation sites (tertiary alicyclic amines) is 2. The molecule has 0 spiro atoms. The summed E-state index contributed by atoms with van der Waals surface area (Å²) in [4.78, 5) is 17.4. The molecule has 1 aromatic rings. The Balaban J connectivity index is 1.68. The summed E-state index contributed by atoms with van der Waals surface area (Å²) in [5.41, 5.74) is 1.27. The second-order valence-corrected chi connectivity index (χ2v) is 7.05. The fourth-order valence-electron chi connectivity index (χ4n) is 4.26. The van der Waals surface area contributed by atoms with Crippen LogP contribution in [0.3, 0.4) is 0 Å². The van der Waals surface area contributed by atoms with Crippen LogP contribution in [0.15, 0.2) is 24.3 Å². The fourth-order valence-corrected chi connectivity index (χ4v) is 4.26. The van der Waals surface area contributed by atoms with Gasteiger partial charge in [-0.1, -0.05) is 19.1 Å². The zero-order valence-electron chi connectivity index (χ0n) is 15.0. The van der Waals surface area contributed by atoms with Crippen molar-refractivity contribution in [2.45, 2.75) is 57.5 Å². The molecule has 132 valence electrons. The predicted octanol–water partition coefficient (Wildman–Crippen LogP) is 3.62. The average Bonchev–Trinajstić information content (AvgIpc) is 3.09. The molecule has 0 aromatic heterocycles. The molecular weight excluding hydrogens is 300 g/mol. The van der Waals surface area contributed by atoms with Crippen LogP contribution in [0.5, 0.6) is 5.75 Å². The van der Waals surface area contributed by atoms with E-state index in [1.165, 1.54) is 18.4 Å². The summed E-state index contributed by atoms with van der Waals surface area (Å²) in [6.07, 6.45) is 6.94. The first-order valence-electron chi connectivity index (χ1n) is 9.40. The molecule has 3 rings (SSSR count). The lowest BCUT2D eigenvalue weighted by Crippen LogP contribution is -2.47. The van der Waals surface area contributed by atoms with Crippen molar-refractivity contribution in [2.24, 2.45) is 0 Å². The average molecular weight is 330 g/mol. The Hall–Kier alpha value is -1.55. The second-order valence-electron chi connectivity index (χ2n) is 7.05. The standard InChI is InChI=1S/C20H30N2O2/c1-3-17-9-4-5-13-22(17)20(23)15-21-12-7-11-19(21)16-8-6-10-18(14-16)24-2/h6,8,10,14,17,19H,3-5,7,9,11-13,15H2,1-2H3/t17-,19-/m1/s1. The minimum atomic E-state index is 0.316. The van der Waals surface area contributed by atoms with E-state index >= 15 is 0 Å². The van der Waals surface area contributed by atoms with Crippen LogP contribution in [-0.2, 0) is 4.79 Å². The summed E-state index contributed by atoms with van der Waals surface area (Å²) in [7, 11) is 1.70.